The maximum atomic E-state index is 12.7. The lowest BCUT2D eigenvalue weighted by Gasteiger charge is -2.43. The number of nitrogens with zero attached hydrogens (tertiary/aromatic N) is 2. The first-order chi connectivity index (χ1) is 13.0. The minimum atomic E-state index is -0.243. The zero-order chi connectivity index (χ0) is 19.0. The van der Waals surface area contributed by atoms with Crippen molar-refractivity contribution < 1.29 is 4.79 Å². The minimum Gasteiger partial charge on any atom is -0.347 e. The molecule has 0 bridgehead atoms. The Bertz CT molecular complexity index is 1050. The van der Waals surface area contributed by atoms with Crippen molar-refractivity contribution in [1.29, 1.82) is 0 Å². The second-order valence-electron chi connectivity index (χ2n) is 7.31. The molecule has 27 heavy (non-hydrogen) atoms. The van der Waals surface area contributed by atoms with Gasteiger partial charge in [0.05, 0.1) is 17.3 Å². The number of thiophene rings is 1. The van der Waals surface area contributed by atoms with Crippen LogP contribution in [0.5, 0.6) is 0 Å². The number of fused-ring (bicyclic) bond motifs is 1. The molecular formula is C21H23N3O2S. The van der Waals surface area contributed by atoms with Crippen LogP contribution in [0.1, 0.15) is 41.7 Å². The van der Waals surface area contributed by atoms with E-state index in [1.54, 1.807) is 10.9 Å². The van der Waals surface area contributed by atoms with Crippen molar-refractivity contribution in [1.82, 2.24) is 14.9 Å². The molecule has 0 atom stereocenters. The summed E-state index contributed by atoms with van der Waals surface area (Å²) in [5.41, 5.74) is 1.85. The van der Waals surface area contributed by atoms with Crippen LogP contribution in [0.25, 0.3) is 10.2 Å². The molecule has 140 valence electrons. The van der Waals surface area contributed by atoms with Gasteiger partial charge in [-0.05, 0) is 44.2 Å². The van der Waals surface area contributed by atoms with Crippen LogP contribution in [0.15, 0.2) is 41.5 Å². The number of carbonyl (C=O) groups is 1. The molecule has 0 saturated heterocycles. The van der Waals surface area contributed by atoms with E-state index in [1.807, 2.05) is 32.0 Å². The van der Waals surface area contributed by atoms with E-state index in [4.69, 9.17) is 0 Å². The molecule has 5 nitrogen and oxygen atoms in total. The summed E-state index contributed by atoms with van der Waals surface area (Å²) in [5.74, 6) is -0.0243. The Labute approximate surface area is 162 Å². The van der Waals surface area contributed by atoms with E-state index in [2.05, 4.69) is 22.4 Å². The summed E-state index contributed by atoms with van der Waals surface area (Å²) in [6, 6.07) is 10.1. The second kappa shape index (κ2) is 6.93. The van der Waals surface area contributed by atoms with E-state index in [1.165, 1.54) is 11.3 Å². The molecule has 6 heteroatoms. The van der Waals surface area contributed by atoms with Crippen LogP contribution in [0.2, 0.25) is 0 Å². The lowest BCUT2D eigenvalue weighted by Crippen LogP contribution is -2.51. The van der Waals surface area contributed by atoms with Crippen LogP contribution in [-0.4, -0.2) is 15.5 Å². The lowest BCUT2D eigenvalue weighted by molar-refractivity contribution is -0.124. The highest BCUT2D eigenvalue weighted by Crippen LogP contribution is 2.41. The molecule has 0 unspecified atom stereocenters. The van der Waals surface area contributed by atoms with Gasteiger partial charge in [-0.2, -0.15) is 0 Å². The van der Waals surface area contributed by atoms with Crippen LogP contribution >= 0.6 is 11.3 Å². The zero-order valence-corrected chi connectivity index (χ0v) is 16.4. The lowest BCUT2D eigenvalue weighted by atomic mass is 9.71. The molecular weight excluding hydrogens is 358 g/mol. The highest BCUT2D eigenvalue weighted by Gasteiger charge is 2.39. The largest absolute Gasteiger partial charge is 0.347 e. The molecule has 0 radical (unpaired) electrons. The van der Waals surface area contributed by atoms with Gasteiger partial charge in [0.1, 0.15) is 4.83 Å². The molecule has 1 aliphatic carbocycles. The molecule has 4 rings (SSSR count). The Balaban J connectivity index is 1.48. The first-order valence-electron chi connectivity index (χ1n) is 9.32. The van der Waals surface area contributed by atoms with Gasteiger partial charge in [0.25, 0.3) is 5.56 Å². The van der Waals surface area contributed by atoms with Crippen LogP contribution in [0.4, 0.5) is 0 Å². The van der Waals surface area contributed by atoms with E-state index < -0.39 is 0 Å². The first-order valence-corrected chi connectivity index (χ1v) is 10.1. The third-order valence-corrected chi connectivity index (χ3v) is 6.76. The summed E-state index contributed by atoms with van der Waals surface area (Å²) in [5, 5.41) is 3.90. The van der Waals surface area contributed by atoms with Crippen molar-refractivity contribution in [2.75, 3.05) is 0 Å². The second-order valence-corrected chi connectivity index (χ2v) is 8.51. The Morgan fingerprint density at radius 2 is 2.00 bits per heavy atom. The van der Waals surface area contributed by atoms with E-state index in [0.717, 1.165) is 40.1 Å². The van der Waals surface area contributed by atoms with Crippen LogP contribution < -0.4 is 10.9 Å². The number of benzene rings is 1. The fraction of sp³-hybridized carbons (Fsp3) is 0.381. The van der Waals surface area contributed by atoms with Crippen molar-refractivity contribution in [3.8, 4) is 0 Å². The van der Waals surface area contributed by atoms with Gasteiger partial charge in [-0.25, -0.2) is 4.98 Å². The molecule has 3 aromatic rings. The molecule has 1 N–H and O–H groups in total. The van der Waals surface area contributed by atoms with Crippen molar-refractivity contribution in [3.63, 3.8) is 0 Å². The first kappa shape index (κ1) is 17.9. The number of rotatable bonds is 5. The van der Waals surface area contributed by atoms with E-state index >= 15 is 0 Å². The number of amides is 1. The molecule has 1 amide bonds. The molecule has 0 spiro atoms. The summed E-state index contributed by atoms with van der Waals surface area (Å²) in [6.07, 6.45) is 4.87. The summed E-state index contributed by atoms with van der Waals surface area (Å²) < 4.78 is 1.55. The SMILES string of the molecule is Cc1sc2ncn(CCC(=O)NC3(c4ccccc4)CCC3)c(=O)c2c1C. The predicted octanol–water partition coefficient (Wildman–Crippen LogP) is 3.66. The zero-order valence-electron chi connectivity index (χ0n) is 15.6. The molecule has 0 aliphatic heterocycles. The average molecular weight is 382 g/mol. The Kier molecular flexibility index (Phi) is 4.60. The molecule has 1 aliphatic rings. The number of hydrogen-bond donors (Lipinski definition) is 1. The third kappa shape index (κ3) is 3.18. The van der Waals surface area contributed by atoms with E-state index in [-0.39, 0.29) is 23.4 Å². The summed E-state index contributed by atoms with van der Waals surface area (Å²) in [4.78, 5) is 31.6. The Hall–Kier alpha value is -2.47. The van der Waals surface area contributed by atoms with Crippen molar-refractivity contribution in [2.24, 2.45) is 0 Å². The normalized spacial score (nSPS) is 15.5. The summed E-state index contributed by atoms with van der Waals surface area (Å²) >= 11 is 1.54. The standard InChI is InChI=1S/C21H23N3O2S/c1-14-15(2)27-19-18(14)20(26)24(13-22-19)12-9-17(25)23-21(10-6-11-21)16-7-4-3-5-8-16/h3-5,7-8,13H,6,9-12H2,1-2H3,(H,23,25). The fourth-order valence-electron chi connectivity index (χ4n) is 3.75. The van der Waals surface area contributed by atoms with E-state index in [0.29, 0.717) is 11.9 Å². The number of hydrogen-bond acceptors (Lipinski definition) is 4. The van der Waals surface area contributed by atoms with Gasteiger partial charge in [-0.1, -0.05) is 30.3 Å². The number of nitrogens with one attached hydrogen (secondary N) is 1. The van der Waals surface area contributed by atoms with Gasteiger partial charge in [0.2, 0.25) is 5.91 Å². The maximum Gasteiger partial charge on any atom is 0.262 e. The van der Waals surface area contributed by atoms with Crippen LogP contribution in [-0.2, 0) is 16.9 Å². The third-order valence-electron chi connectivity index (χ3n) is 5.65. The number of aryl methyl sites for hydroxylation is 3. The predicted molar refractivity (Wildman–Crippen MR) is 108 cm³/mol. The molecule has 1 saturated carbocycles. The fourth-order valence-corrected chi connectivity index (χ4v) is 4.74. The molecule has 2 heterocycles. The van der Waals surface area contributed by atoms with Gasteiger partial charge in [0, 0.05) is 17.8 Å². The van der Waals surface area contributed by atoms with Crippen LogP contribution in [0.3, 0.4) is 0 Å². The molecule has 2 aromatic heterocycles. The van der Waals surface area contributed by atoms with Gasteiger partial charge in [0.15, 0.2) is 0 Å². The van der Waals surface area contributed by atoms with Gasteiger partial charge in [-0.15, -0.1) is 11.3 Å². The average Bonchev–Trinajstić information content (AvgIpc) is 2.93. The number of carbonyl (C=O) groups excluding carboxylic acids is 1. The summed E-state index contributed by atoms with van der Waals surface area (Å²) in [7, 11) is 0. The molecule has 1 fully saturated rings. The molecule has 1 aromatic carbocycles. The highest BCUT2D eigenvalue weighted by atomic mass is 32.1. The van der Waals surface area contributed by atoms with Gasteiger partial charge >= 0.3 is 0 Å². The van der Waals surface area contributed by atoms with Crippen molar-refractivity contribution in [3.05, 3.63) is 63.0 Å². The minimum absolute atomic E-state index is 0.0243. The Morgan fingerprint density at radius 1 is 1.26 bits per heavy atom. The summed E-state index contributed by atoms with van der Waals surface area (Å²) in [6.45, 7) is 4.29. The maximum absolute atomic E-state index is 12.7. The van der Waals surface area contributed by atoms with Gasteiger partial charge in [-0.3, -0.25) is 14.2 Å². The van der Waals surface area contributed by atoms with Gasteiger partial charge < -0.3 is 5.32 Å². The highest BCUT2D eigenvalue weighted by molar-refractivity contribution is 7.18. The monoisotopic (exact) mass is 381 g/mol. The topological polar surface area (TPSA) is 64.0 Å². The number of aromatic nitrogens is 2. The van der Waals surface area contributed by atoms with Crippen molar-refractivity contribution in [2.45, 2.75) is 51.6 Å². The van der Waals surface area contributed by atoms with Crippen molar-refractivity contribution >= 4 is 27.5 Å². The van der Waals surface area contributed by atoms with E-state index in [9.17, 15) is 9.59 Å². The quantitative estimate of drug-likeness (QED) is 0.734. The smallest absolute Gasteiger partial charge is 0.262 e. The Morgan fingerprint density at radius 3 is 2.67 bits per heavy atom. The van der Waals surface area contributed by atoms with Crippen LogP contribution in [0, 0.1) is 13.8 Å².